The molecule has 12 nitrogen and oxygen atoms in total. The monoisotopic (exact) mass is 810 g/mol. The van der Waals surface area contributed by atoms with Crippen LogP contribution in [0.15, 0.2) is 60.0 Å². The van der Waals surface area contributed by atoms with Crippen LogP contribution in [0.25, 0.3) is 0 Å². The normalized spacial score (nSPS) is 23.9. The Morgan fingerprint density at radius 1 is 0.982 bits per heavy atom. The summed E-state index contributed by atoms with van der Waals surface area (Å²) in [6, 6.07) is 12.1. The van der Waals surface area contributed by atoms with E-state index in [9.17, 15) is 31.6 Å². The second kappa shape index (κ2) is 17.0. The molecule has 2 aromatic carbocycles. The number of nitrogens with zero attached hydrogens (tertiary/aromatic N) is 4. The van der Waals surface area contributed by atoms with Gasteiger partial charge in [0.1, 0.15) is 17.2 Å². The standard InChI is InChI=1S/C42H56F2N6O6S/c1-4-40(52)50-25-36(26-50)57(54,55)39-12-11-35(17-30(39)22-48-23-34(44)24-48)49-20-29(21-49)19-47-15-13-31(14-16-47)42(27-45-28(2)51,32-7-5-8-33(43)18-32)37-9-6-10-38(37)46-41(53)56-3/h4-5,7-8,11-12,17-18,29,31,34,36-38H,1,6,9-10,13-16,19-27H2,2-3H3,(H,45,51)(H,46,53)/t37-,38-,42-/m0/s1. The number of hydrogen-bond acceptors (Lipinski definition) is 9. The minimum atomic E-state index is -3.71. The number of sulfone groups is 1. The number of nitrogens with one attached hydrogen (secondary N) is 2. The molecule has 5 fully saturated rings. The number of likely N-dealkylation sites (tertiary alicyclic amines) is 3. The molecule has 7 rings (SSSR count). The lowest BCUT2D eigenvalue weighted by atomic mass is 9.58. The van der Waals surface area contributed by atoms with Gasteiger partial charge in [-0.3, -0.25) is 14.5 Å². The van der Waals surface area contributed by atoms with E-state index in [0.29, 0.717) is 24.6 Å². The zero-order valence-corrected chi connectivity index (χ0v) is 33.8. The number of halogens is 2. The molecular formula is C42H56F2N6O6S. The second-order valence-electron chi connectivity index (χ2n) is 16.8. The Balaban J connectivity index is 1.02. The van der Waals surface area contributed by atoms with Crippen LogP contribution in [0.2, 0.25) is 0 Å². The number of hydrogen-bond donors (Lipinski definition) is 2. The molecule has 0 unspecified atom stereocenters. The Kier molecular flexibility index (Phi) is 12.3. The number of ether oxygens (including phenoxy) is 1. The van der Waals surface area contributed by atoms with Crippen LogP contribution in [0.5, 0.6) is 0 Å². The smallest absolute Gasteiger partial charge is 0.407 e. The van der Waals surface area contributed by atoms with Gasteiger partial charge in [-0.1, -0.05) is 25.1 Å². The molecule has 5 aliphatic rings. The molecule has 4 aliphatic heterocycles. The summed E-state index contributed by atoms with van der Waals surface area (Å²) in [5, 5.41) is 5.49. The zero-order chi connectivity index (χ0) is 40.5. The third-order valence-corrected chi connectivity index (χ3v) is 15.4. The number of carbonyl (C=O) groups excluding carboxylic acids is 3. The van der Waals surface area contributed by atoms with Crippen LogP contribution in [0.1, 0.15) is 50.2 Å². The zero-order valence-electron chi connectivity index (χ0n) is 33.0. The molecule has 1 aliphatic carbocycles. The number of benzene rings is 2. The minimum absolute atomic E-state index is 0.0300. The van der Waals surface area contributed by atoms with Crippen molar-refractivity contribution in [2.45, 2.75) is 73.3 Å². The van der Waals surface area contributed by atoms with Gasteiger partial charge in [0.15, 0.2) is 9.84 Å². The fraction of sp³-hybridized carbons (Fsp3) is 0.595. The van der Waals surface area contributed by atoms with Crippen LogP contribution in [0, 0.1) is 23.6 Å². The molecular weight excluding hydrogens is 755 g/mol. The molecule has 4 saturated heterocycles. The van der Waals surface area contributed by atoms with Crippen molar-refractivity contribution >= 4 is 33.4 Å². The maximum Gasteiger partial charge on any atom is 0.407 e. The Bertz CT molecular complexity index is 1930. The van der Waals surface area contributed by atoms with E-state index < -0.39 is 32.8 Å². The first kappa shape index (κ1) is 41.1. The van der Waals surface area contributed by atoms with Crippen molar-refractivity contribution in [1.82, 2.24) is 25.3 Å². The average molecular weight is 811 g/mol. The largest absolute Gasteiger partial charge is 0.453 e. The van der Waals surface area contributed by atoms with E-state index in [2.05, 4.69) is 27.0 Å². The maximum atomic E-state index is 15.0. The van der Waals surface area contributed by atoms with Crippen molar-refractivity contribution in [1.29, 1.82) is 0 Å². The molecule has 3 atom stereocenters. The number of piperidine rings is 1. The third kappa shape index (κ3) is 8.56. The molecule has 0 aromatic heterocycles. The first-order chi connectivity index (χ1) is 27.3. The van der Waals surface area contributed by atoms with Gasteiger partial charge in [0.2, 0.25) is 11.8 Å². The predicted molar refractivity (Wildman–Crippen MR) is 213 cm³/mol. The summed E-state index contributed by atoms with van der Waals surface area (Å²) in [4.78, 5) is 45.3. The highest BCUT2D eigenvalue weighted by Gasteiger charge is 2.52. The number of amides is 3. The molecule has 3 amide bonds. The lowest BCUT2D eigenvalue weighted by Gasteiger charge is -2.51. The lowest BCUT2D eigenvalue weighted by Crippen LogP contribution is -2.58. The second-order valence-corrected chi connectivity index (χ2v) is 19.0. The van der Waals surface area contributed by atoms with E-state index in [-0.39, 0.29) is 66.6 Å². The van der Waals surface area contributed by atoms with E-state index in [1.54, 1.807) is 18.2 Å². The van der Waals surface area contributed by atoms with Crippen molar-refractivity contribution < 1.29 is 36.3 Å². The predicted octanol–water partition coefficient (Wildman–Crippen LogP) is 3.90. The highest BCUT2D eigenvalue weighted by Crippen LogP contribution is 2.50. The van der Waals surface area contributed by atoms with Crippen LogP contribution >= 0.6 is 0 Å². The molecule has 2 N–H and O–H groups in total. The Labute approximate surface area is 334 Å². The highest BCUT2D eigenvalue weighted by molar-refractivity contribution is 7.92. The van der Waals surface area contributed by atoms with Crippen LogP contribution < -0.4 is 15.5 Å². The van der Waals surface area contributed by atoms with Crippen LogP contribution in [0.3, 0.4) is 0 Å². The SMILES string of the molecule is C=CC(=O)N1CC(S(=O)(=O)c2ccc(N3CC(CN4CCC([C@@](CNC(C)=O)(c5cccc(F)c5)[C@H]5CCC[C@@H]5NC(=O)OC)CC4)C3)cc2CN2CC(F)C2)C1. The van der Waals surface area contributed by atoms with Crippen molar-refractivity contribution in [3.05, 3.63) is 72.1 Å². The van der Waals surface area contributed by atoms with Gasteiger partial charge in [-0.05, 0) is 98.1 Å². The number of anilines is 1. The number of methoxy groups -OCH3 is 1. The van der Waals surface area contributed by atoms with Crippen molar-refractivity contribution in [2.24, 2.45) is 17.8 Å². The highest BCUT2D eigenvalue weighted by atomic mass is 32.2. The lowest BCUT2D eigenvalue weighted by molar-refractivity contribution is -0.129. The van der Waals surface area contributed by atoms with Gasteiger partial charge in [0.25, 0.3) is 0 Å². The summed E-state index contributed by atoms with van der Waals surface area (Å²) in [6.07, 6.45) is 4.02. The van der Waals surface area contributed by atoms with E-state index in [1.807, 2.05) is 23.1 Å². The van der Waals surface area contributed by atoms with Crippen LogP contribution in [-0.4, -0.2) is 131 Å². The topological polar surface area (TPSA) is 132 Å². The van der Waals surface area contributed by atoms with E-state index in [4.69, 9.17) is 4.74 Å². The summed E-state index contributed by atoms with van der Waals surface area (Å²) in [7, 11) is -2.35. The number of carbonyl (C=O) groups is 3. The molecule has 57 heavy (non-hydrogen) atoms. The van der Waals surface area contributed by atoms with Gasteiger partial charge in [0.05, 0.1) is 12.0 Å². The molecule has 4 heterocycles. The van der Waals surface area contributed by atoms with Gasteiger partial charge < -0.3 is 30.1 Å². The van der Waals surface area contributed by atoms with Crippen molar-refractivity contribution in [3.8, 4) is 0 Å². The third-order valence-electron chi connectivity index (χ3n) is 13.2. The Morgan fingerprint density at radius 2 is 1.72 bits per heavy atom. The first-order valence-electron chi connectivity index (χ1n) is 20.3. The number of alkyl halides is 1. The number of alkyl carbamates (subject to hydrolysis) is 1. The van der Waals surface area contributed by atoms with Gasteiger partial charge in [-0.2, -0.15) is 0 Å². The van der Waals surface area contributed by atoms with E-state index >= 15 is 0 Å². The van der Waals surface area contributed by atoms with Crippen molar-refractivity contribution in [2.75, 3.05) is 77.5 Å². The quantitative estimate of drug-likeness (QED) is 0.273. The molecule has 1 saturated carbocycles. The van der Waals surface area contributed by atoms with E-state index in [1.165, 1.54) is 31.1 Å². The fourth-order valence-corrected chi connectivity index (χ4v) is 12.1. The first-order valence-corrected chi connectivity index (χ1v) is 21.8. The summed E-state index contributed by atoms with van der Waals surface area (Å²) in [5.74, 6) is -0.251. The van der Waals surface area contributed by atoms with Crippen LogP contribution in [-0.2, 0) is 36.1 Å². The molecule has 0 bridgehead atoms. The Morgan fingerprint density at radius 3 is 2.37 bits per heavy atom. The van der Waals surface area contributed by atoms with Gasteiger partial charge in [0, 0.05) is 88.9 Å². The number of rotatable bonds is 14. The van der Waals surface area contributed by atoms with Gasteiger partial charge >= 0.3 is 6.09 Å². The molecule has 15 heteroatoms. The fourth-order valence-electron chi connectivity index (χ4n) is 10.2. The summed E-state index contributed by atoms with van der Waals surface area (Å²) < 4.78 is 61.2. The summed E-state index contributed by atoms with van der Waals surface area (Å²) in [6.45, 7) is 10.7. The molecule has 2 aromatic rings. The van der Waals surface area contributed by atoms with Crippen LogP contribution in [0.4, 0.5) is 19.3 Å². The average Bonchev–Trinajstić information content (AvgIpc) is 3.60. The molecule has 0 spiro atoms. The van der Waals surface area contributed by atoms with Gasteiger partial charge in [-0.25, -0.2) is 22.0 Å². The Hall–Kier alpha value is -4.08. The van der Waals surface area contributed by atoms with Crippen molar-refractivity contribution in [3.63, 3.8) is 0 Å². The van der Waals surface area contributed by atoms with E-state index in [0.717, 1.165) is 76.1 Å². The van der Waals surface area contributed by atoms with Gasteiger partial charge in [-0.15, -0.1) is 0 Å². The molecule has 310 valence electrons. The summed E-state index contributed by atoms with van der Waals surface area (Å²) in [5.41, 5.74) is 1.85. The maximum absolute atomic E-state index is 15.0. The minimum Gasteiger partial charge on any atom is -0.453 e. The summed E-state index contributed by atoms with van der Waals surface area (Å²) >= 11 is 0. The molecule has 0 radical (unpaired) electrons.